The molecule has 7 nitrogen and oxygen atoms in total. The molecule has 0 unspecified atom stereocenters. The molecule has 2 amide bonds. The lowest BCUT2D eigenvalue weighted by atomic mass is 10.1. The van der Waals surface area contributed by atoms with Crippen molar-refractivity contribution in [1.29, 1.82) is 0 Å². The molecule has 2 rings (SSSR count). The van der Waals surface area contributed by atoms with Crippen LogP contribution in [0.15, 0.2) is 30.3 Å². The summed E-state index contributed by atoms with van der Waals surface area (Å²) in [6.07, 6.45) is -5.27. The maximum Gasteiger partial charge on any atom is 0.416 e. The van der Waals surface area contributed by atoms with Crippen LogP contribution in [-0.2, 0) is 27.2 Å². The highest BCUT2D eigenvalue weighted by molar-refractivity contribution is 6.01. The Hall–Kier alpha value is -3.56. The van der Waals surface area contributed by atoms with Crippen molar-refractivity contribution in [3.8, 4) is 5.75 Å². The Morgan fingerprint density at radius 2 is 1.55 bits per heavy atom. The van der Waals surface area contributed by atoms with Gasteiger partial charge < -0.3 is 20.5 Å². The van der Waals surface area contributed by atoms with Crippen molar-refractivity contribution >= 4 is 29.2 Å². The number of anilines is 2. The summed E-state index contributed by atoms with van der Waals surface area (Å²) in [6, 6.07) is 6.31. The number of carboxylic acid groups (broad SMARTS) is 1. The summed E-state index contributed by atoms with van der Waals surface area (Å²) in [5.74, 6) is -2.03. The van der Waals surface area contributed by atoms with Gasteiger partial charge in [-0.05, 0) is 60.9 Å². The van der Waals surface area contributed by atoms with E-state index in [1.165, 1.54) is 13.0 Å². The molecule has 3 N–H and O–H groups in total. The number of rotatable bonds is 7. The van der Waals surface area contributed by atoms with E-state index in [4.69, 9.17) is 9.84 Å². The van der Waals surface area contributed by atoms with Gasteiger partial charge in [-0.2, -0.15) is 13.2 Å². The monoisotopic (exact) mass is 438 g/mol. The van der Waals surface area contributed by atoms with Crippen LogP contribution in [0.3, 0.4) is 0 Å². The average Bonchev–Trinajstić information content (AvgIpc) is 2.58. The van der Waals surface area contributed by atoms with Crippen LogP contribution in [0.5, 0.6) is 5.75 Å². The molecule has 166 valence electrons. The third-order valence-electron chi connectivity index (χ3n) is 4.08. The second-order valence-electron chi connectivity index (χ2n) is 6.94. The third-order valence-corrected chi connectivity index (χ3v) is 4.08. The van der Waals surface area contributed by atoms with E-state index in [2.05, 4.69) is 10.6 Å². The van der Waals surface area contributed by atoms with Gasteiger partial charge in [-0.25, -0.2) is 0 Å². The van der Waals surface area contributed by atoms with Crippen molar-refractivity contribution in [1.82, 2.24) is 0 Å². The standard InChI is InChI=1S/C21H21F3N2O5/c1-11-4-16(26-18(28)9-19(29)30)5-12(2)20(11)31-10-14-6-15(21(22,23)24)8-17(7-14)25-13(3)27/h4-8H,9-10H2,1-3H3,(H,25,27)(H,26,28)(H,29,30). The van der Waals surface area contributed by atoms with Gasteiger partial charge in [0, 0.05) is 18.3 Å². The van der Waals surface area contributed by atoms with Crippen molar-refractivity contribution in [2.75, 3.05) is 10.6 Å². The van der Waals surface area contributed by atoms with E-state index in [9.17, 15) is 27.6 Å². The molecule has 0 saturated heterocycles. The number of hydrogen-bond donors (Lipinski definition) is 3. The largest absolute Gasteiger partial charge is 0.488 e. The number of ether oxygens (including phenoxy) is 1. The number of nitrogens with one attached hydrogen (secondary N) is 2. The highest BCUT2D eigenvalue weighted by Crippen LogP contribution is 2.33. The Labute approximate surface area is 176 Å². The van der Waals surface area contributed by atoms with Crippen molar-refractivity contribution in [2.45, 2.75) is 40.0 Å². The molecule has 31 heavy (non-hydrogen) atoms. The zero-order valence-corrected chi connectivity index (χ0v) is 17.0. The van der Waals surface area contributed by atoms with Crippen molar-refractivity contribution in [3.63, 3.8) is 0 Å². The summed E-state index contributed by atoms with van der Waals surface area (Å²) in [7, 11) is 0. The zero-order valence-electron chi connectivity index (χ0n) is 17.0. The average molecular weight is 438 g/mol. The minimum Gasteiger partial charge on any atom is -0.488 e. The molecular formula is C21H21F3N2O5. The lowest BCUT2D eigenvalue weighted by Crippen LogP contribution is -2.16. The molecule has 0 spiro atoms. The Kier molecular flexibility index (Phi) is 7.27. The van der Waals surface area contributed by atoms with Crippen LogP contribution in [0.2, 0.25) is 0 Å². The van der Waals surface area contributed by atoms with Gasteiger partial charge in [0.05, 0.1) is 5.56 Å². The summed E-state index contributed by atoms with van der Waals surface area (Å²) >= 11 is 0. The van der Waals surface area contributed by atoms with Crippen LogP contribution in [0.4, 0.5) is 24.5 Å². The van der Waals surface area contributed by atoms with Crippen LogP contribution < -0.4 is 15.4 Å². The van der Waals surface area contributed by atoms with E-state index >= 15 is 0 Å². The quantitative estimate of drug-likeness (QED) is 0.560. The topological polar surface area (TPSA) is 105 Å². The van der Waals surface area contributed by atoms with E-state index < -0.39 is 35.9 Å². The first kappa shape index (κ1) is 23.7. The van der Waals surface area contributed by atoms with Gasteiger partial charge in [0.2, 0.25) is 11.8 Å². The normalized spacial score (nSPS) is 11.0. The van der Waals surface area contributed by atoms with Gasteiger partial charge in [0.25, 0.3) is 0 Å². The Bertz CT molecular complexity index is 996. The van der Waals surface area contributed by atoms with Gasteiger partial charge in [0.15, 0.2) is 0 Å². The molecule has 0 atom stereocenters. The van der Waals surface area contributed by atoms with E-state index in [0.717, 1.165) is 12.1 Å². The molecular weight excluding hydrogens is 417 g/mol. The van der Waals surface area contributed by atoms with E-state index in [1.54, 1.807) is 26.0 Å². The third kappa shape index (κ3) is 7.02. The number of alkyl halides is 3. The molecule has 0 bridgehead atoms. The summed E-state index contributed by atoms with van der Waals surface area (Å²) < 4.78 is 45.3. The molecule has 0 saturated carbocycles. The summed E-state index contributed by atoms with van der Waals surface area (Å²) in [6.45, 7) is 4.37. The number of carbonyl (C=O) groups excluding carboxylic acids is 2. The molecule has 0 aliphatic heterocycles. The summed E-state index contributed by atoms with van der Waals surface area (Å²) in [5, 5.41) is 13.5. The molecule has 10 heteroatoms. The minimum atomic E-state index is -4.59. The molecule has 0 radical (unpaired) electrons. The highest BCUT2D eigenvalue weighted by Gasteiger charge is 2.31. The zero-order chi connectivity index (χ0) is 23.3. The van der Waals surface area contributed by atoms with Crippen molar-refractivity contribution < 1.29 is 37.4 Å². The molecule has 0 aliphatic carbocycles. The van der Waals surface area contributed by atoms with Crippen molar-refractivity contribution in [2.24, 2.45) is 0 Å². The fourth-order valence-electron chi connectivity index (χ4n) is 2.96. The molecule has 2 aromatic rings. The smallest absolute Gasteiger partial charge is 0.416 e. The highest BCUT2D eigenvalue weighted by atomic mass is 19.4. The Balaban J connectivity index is 2.23. The van der Waals surface area contributed by atoms with Crippen molar-refractivity contribution in [3.05, 3.63) is 52.6 Å². The van der Waals surface area contributed by atoms with Gasteiger partial charge in [0.1, 0.15) is 18.8 Å². The molecule has 0 fully saturated rings. The maximum absolute atomic E-state index is 13.2. The number of carboxylic acids is 1. The number of aliphatic carboxylic acids is 1. The predicted molar refractivity (Wildman–Crippen MR) is 107 cm³/mol. The second-order valence-corrected chi connectivity index (χ2v) is 6.94. The van der Waals surface area contributed by atoms with E-state index in [-0.39, 0.29) is 17.9 Å². The number of halogens is 3. The number of hydrogen-bond acceptors (Lipinski definition) is 4. The van der Waals surface area contributed by atoms with E-state index in [0.29, 0.717) is 22.6 Å². The van der Waals surface area contributed by atoms with Crippen LogP contribution in [-0.4, -0.2) is 22.9 Å². The fourth-order valence-corrected chi connectivity index (χ4v) is 2.96. The fraction of sp³-hybridized carbons (Fsp3) is 0.286. The van der Waals surface area contributed by atoms with Crippen LogP contribution in [0, 0.1) is 13.8 Å². The first-order chi connectivity index (χ1) is 14.3. The number of carbonyl (C=O) groups is 3. The molecule has 2 aromatic carbocycles. The number of amides is 2. The van der Waals surface area contributed by atoms with Crippen LogP contribution in [0.1, 0.15) is 35.6 Å². The Morgan fingerprint density at radius 3 is 2.06 bits per heavy atom. The van der Waals surface area contributed by atoms with Crippen LogP contribution >= 0.6 is 0 Å². The van der Waals surface area contributed by atoms with Gasteiger partial charge in [-0.15, -0.1) is 0 Å². The summed E-state index contributed by atoms with van der Waals surface area (Å²) in [4.78, 5) is 33.5. The predicted octanol–water partition coefficient (Wildman–Crippen LogP) is 4.27. The van der Waals surface area contributed by atoms with Gasteiger partial charge >= 0.3 is 12.1 Å². The Morgan fingerprint density at radius 1 is 0.968 bits per heavy atom. The molecule has 0 heterocycles. The number of benzene rings is 2. The summed E-state index contributed by atoms with van der Waals surface area (Å²) in [5.41, 5.74) is 0.865. The molecule has 0 aliphatic rings. The number of aryl methyl sites for hydroxylation is 2. The first-order valence-electron chi connectivity index (χ1n) is 9.09. The van der Waals surface area contributed by atoms with E-state index in [1.807, 2.05) is 0 Å². The second kappa shape index (κ2) is 9.50. The van der Waals surface area contributed by atoms with Gasteiger partial charge in [-0.3, -0.25) is 14.4 Å². The molecule has 0 aromatic heterocycles. The lowest BCUT2D eigenvalue weighted by Gasteiger charge is -2.16. The first-order valence-corrected chi connectivity index (χ1v) is 9.09. The van der Waals surface area contributed by atoms with Crippen LogP contribution in [0.25, 0.3) is 0 Å². The SMILES string of the molecule is CC(=O)Nc1cc(COc2c(C)cc(NC(=O)CC(=O)O)cc2C)cc(C(F)(F)F)c1. The lowest BCUT2D eigenvalue weighted by molar-refractivity contribution is -0.140. The maximum atomic E-state index is 13.2. The minimum absolute atomic E-state index is 0.00543. The van der Waals surface area contributed by atoms with Gasteiger partial charge in [-0.1, -0.05) is 0 Å².